The van der Waals surface area contributed by atoms with Crippen LogP contribution in [0.2, 0.25) is 0 Å². The van der Waals surface area contributed by atoms with Gasteiger partial charge in [-0.15, -0.1) is 0 Å². The van der Waals surface area contributed by atoms with Crippen molar-refractivity contribution in [1.82, 2.24) is 5.06 Å². The number of benzene rings is 2. The molecule has 1 saturated heterocycles. The monoisotopic (exact) mass is 379 g/mol. The van der Waals surface area contributed by atoms with Crippen LogP contribution in [0.3, 0.4) is 0 Å². The number of carbonyl (C=O) groups is 2. The second-order valence-electron chi connectivity index (χ2n) is 6.79. The minimum Gasteiger partial charge on any atom is -0.468 e. The molecule has 0 aromatic heterocycles. The number of hydroxylamine groups is 2. The first kappa shape index (κ1) is 18.3. The summed E-state index contributed by atoms with van der Waals surface area (Å²) >= 11 is 0. The van der Waals surface area contributed by atoms with Gasteiger partial charge in [0.05, 0.1) is 26.5 Å². The molecule has 0 radical (unpaired) electrons. The van der Waals surface area contributed by atoms with Gasteiger partial charge in [-0.25, -0.2) is 5.06 Å². The number of esters is 2. The van der Waals surface area contributed by atoms with Crippen molar-refractivity contribution >= 4 is 23.7 Å². The van der Waals surface area contributed by atoms with Crippen molar-refractivity contribution in [1.29, 1.82) is 0 Å². The third-order valence-corrected chi connectivity index (χ3v) is 5.42. The second kappa shape index (κ2) is 7.13. The summed E-state index contributed by atoms with van der Waals surface area (Å²) in [5.41, 5.74) is 1.92. The van der Waals surface area contributed by atoms with E-state index in [1.807, 2.05) is 60.7 Å². The van der Waals surface area contributed by atoms with Crippen molar-refractivity contribution in [2.45, 2.75) is 12.5 Å². The Bertz CT molecular complexity index is 921. The van der Waals surface area contributed by atoms with Crippen molar-refractivity contribution in [3.05, 3.63) is 71.3 Å². The molecule has 0 N–H and O–H groups in total. The molecule has 1 unspecified atom stereocenters. The molecule has 2 heterocycles. The molecule has 2 aromatic carbocycles. The molecule has 1 fully saturated rings. The first-order valence-corrected chi connectivity index (χ1v) is 9.08. The largest absolute Gasteiger partial charge is 0.468 e. The van der Waals surface area contributed by atoms with E-state index in [1.54, 1.807) is 5.06 Å². The molecule has 0 spiro atoms. The number of rotatable bonds is 3. The van der Waals surface area contributed by atoms with Gasteiger partial charge < -0.3 is 9.47 Å². The fourth-order valence-corrected chi connectivity index (χ4v) is 4.11. The normalized spacial score (nSPS) is 19.7. The summed E-state index contributed by atoms with van der Waals surface area (Å²) < 4.78 is 10.2. The standard InChI is InChI=1S/C22H21NO5/c1-26-20(24)22(21(25)27-2)12-13-28-23-18(15-8-4-3-5-9-15)14-16-10-6-7-11-17(16)19(22)23/h3-11,14,19H,12-13H2,1-2H3. The van der Waals surface area contributed by atoms with Crippen molar-refractivity contribution < 1.29 is 23.9 Å². The number of nitrogens with zero attached hydrogens (tertiary/aromatic N) is 1. The number of ether oxygens (including phenoxy) is 2. The average molecular weight is 379 g/mol. The zero-order valence-electron chi connectivity index (χ0n) is 15.8. The van der Waals surface area contributed by atoms with Crippen molar-refractivity contribution in [2.24, 2.45) is 5.41 Å². The quantitative estimate of drug-likeness (QED) is 0.603. The molecule has 2 aromatic rings. The van der Waals surface area contributed by atoms with Crippen LogP contribution in [0.4, 0.5) is 0 Å². The van der Waals surface area contributed by atoms with Gasteiger partial charge in [-0.05, 0) is 17.2 Å². The molecule has 1 atom stereocenters. The van der Waals surface area contributed by atoms with E-state index < -0.39 is 23.4 Å². The Balaban J connectivity index is 1.97. The summed E-state index contributed by atoms with van der Waals surface area (Å²) in [7, 11) is 2.57. The van der Waals surface area contributed by atoms with Gasteiger partial charge in [0.15, 0.2) is 5.41 Å². The van der Waals surface area contributed by atoms with Crippen LogP contribution >= 0.6 is 0 Å². The van der Waals surface area contributed by atoms with Crippen LogP contribution in [0.15, 0.2) is 54.6 Å². The van der Waals surface area contributed by atoms with Crippen LogP contribution in [0.25, 0.3) is 11.8 Å². The summed E-state index contributed by atoms with van der Waals surface area (Å²) in [5, 5.41) is 1.66. The maximum absolute atomic E-state index is 13.0. The fourth-order valence-electron chi connectivity index (χ4n) is 4.11. The van der Waals surface area contributed by atoms with Gasteiger partial charge in [-0.1, -0.05) is 54.6 Å². The maximum Gasteiger partial charge on any atom is 0.325 e. The Kier molecular flexibility index (Phi) is 4.65. The van der Waals surface area contributed by atoms with Gasteiger partial charge >= 0.3 is 11.9 Å². The Morgan fingerprint density at radius 3 is 2.32 bits per heavy atom. The molecule has 28 heavy (non-hydrogen) atoms. The third-order valence-electron chi connectivity index (χ3n) is 5.42. The van der Waals surface area contributed by atoms with E-state index in [9.17, 15) is 9.59 Å². The first-order valence-electron chi connectivity index (χ1n) is 9.08. The molecule has 2 aliphatic rings. The summed E-state index contributed by atoms with van der Waals surface area (Å²) in [5.74, 6) is -1.25. The molecule has 4 rings (SSSR count). The van der Waals surface area contributed by atoms with Crippen LogP contribution in [0.1, 0.15) is 29.2 Å². The Morgan fingerprint density at radius 1 is 1.00 bits per heavy atom. The predicted molar refractivity (Wildman–Crippen MR) is 102 cm³/mol. The molecule has 6 heteroatoms. The number of fused-ring (bicyclic) bond motifs is 3. The molecular formula is C22H21NO5. The van der Waals surface area contributed by atoms with Gasteiger partial charge in [-0.2, -0.15) is 0 Å². The topological polar surface area (TPSA) is 65.1 Å². The zero-order valence-corrected chi connectivity index (χ0v) is 15.8. The van der Waals surface area contributed by atoms with Crippen molar-refractivity contribution in [2.75, 3.05) is 20.8 Å². The molecule has 0 aliphatic carbocycles. The molecule has 0 saturated carbocycles. The smallest absolute Gasteiger partial charge is 0.325 e. The number of hydrogen-bond acceptors (Lipinski definition) is 6. The Labute approximate surface area is 163 Å². The Morgan fingerprint density at radius 2 is 1.64 bits per heavy atom. The van der Waals surface area contributed by atoms with Crippen molar-refractivity contribution in [3.8, 4) is 0 Å². The lowest BCUT2D eigenvalue weighted by atomic mass is 9.71. The van der Waals surface area contributed by atoms with E-state index in [4.69, 9.17) is 14.3 Å². The van der Waals surface area contributed by atoms with Gasteiger partial charge in [0.25, 0.3) is 0 Å². The lowest BCUT2D eigenvalue weighted by Gasteiger charge is -2.49. The molecule has 6 nitrogen and oxygen atoms in total. The Hall–Kier alpha value is -3.12. The number of methoxy groups -OCH3 is 2. The van der Waals surface area contributed by atoms with Gasteiger partial charge in [0, 0.05) is 12.0 Å². The van der Waals surface area contributed by atoms with E-state index in [0.29, 0.717) is 0 Å². The van der Waals surface area contributed by atoms with Crippen LogP contribution in [0, 0.1) is 5.41 Å². The van der Waals surface area contributed by atoms with Gasteiger partial charge in [0.1, 0.15) is 6.04 Å². The summed E-state index contributed by atoms with van der Waals surface area (Å²) in [6.07, 6.45) is 2.18. The van der Waals surface area contributed by atoms with E-state index in [1.165, 1.54) is 14.2 Å². The first-order chi connectivity index (χ1) is 13.6. The molecule has 0 amide bonds. The fraction of sp³-hybridized carbons (Fsp3) is 0.273. The SMILES string of the molecule is COC(=O)C1(C(=O)OC)CCON2C(c3ccccc3)=Cc3ccccc3C21. The lowest BCUT2D eigenvalue weighted by Crippen LogP contribution is -2.56. The van der Waals surface area contributed by atoms with Crippen LogP contribution < -0.4 is 0 Å². The van der Waals surface area contributed by atoms with Crippen LogP contribution in [-0.2, 0) is 23.9 Å². The van der Waals surface area contributed by atoms with E-state index in [-0.39, 0.29) is 13.0 Å². The lowest BCUT2D eigenvalue weighted by molar-refractivity contribution is -0.229. The third kappa shape index (κ3) is 2.60. The van der Waals surface area contributed by atoms with E-state index >= 15 is 0 Å². The summed E-state index contributed by atoms with van der Waals surface area (Å²) in [6.45, 7) is 0.188. The molecular weight excluding hydrogens is 358 g/mol. The minimum absolute atomic E-state index is 0.171. The molecule has 0 bridgehead atoms. The minimum atomic E-state index is -1.52. The highest BCUT2D eigenvalue weighted by atomic mass is 16.7. The van der Waals surface area contributed by atoms with Gasteiger partial charge in [0.2, 0.25) is 0 Å². The van der Waals surface area contributed by atoms with Crippen LogP contribution in [0.5, 0.6) is 0 Å². The highest BCUT2D eigenvalue weighted by Crippen LogP contribution is 2.53. The van der Waals surface area contributed by atoms with E-state index in [0.717, 1.165) is 22.4 Å². The highest BCUT2D eigenvalue weighted by molar-refractivity contribution is 6.02. The predicted octanol–water partition coefficient (Wildman–Crippen LogP) is 3.21. The molecule has 2 aliphatic heterocycles. The number of hydrogen-bond donors (Lipinski definition) is 0. The van der Waals surface area contributed by atoms with Crippen molar-refractivity contribution in [3.63, 3.8) is 0 Å². The average Bonchev–Trinajstić information content (AvgIpc) is 2.77. The van der Waals surface area contributed by atoms with Crippen LogP contribution in [-0.4, -0.2) is 37.8 Å². The van der Waals surface area contributed by atoms with Gasteiger partial charge in [-0.3, -0.25) is 14.4 Å². The maximum atomic E-state index is 13.0. The highest BCUT2D eigenvalue weighted by Gasteiger charge is 2.61. The zero-order chi connectivity index (χ0) is 19.7. The summed E-state index contributed by atoms with van der Waals surface area (Å²) in [6, 6.07) is 16.7. The summed E-state index contributed by atoms with van der Waals surface area (Å²) in [4.78, 5) is 31.9. The number of carbonyl (C=O) groups excluding carboxylic acids is 2. The molecule has 144 valence electrons. The second-order valence-corrected chi connectivity index (χ2v) is 6.79. The van der Waals surface area contributed by atoms with E-state index in [2.05, 4.69) is 0 Å².